The van der Waals surface area contributed by atoms with Crippen molar-refractivity contribution in [1.82, 2.24) is 40.0 Å². The van der Waals surface area contributed by atoms with Crippen LogP contribution in [-0.2, 0) is 45.4 Å². The topological polar surface area (TPSA) is 325 Å². The first-order valence-electron chi connectivity index (χ1n) is 21.8. The van der Waals surface area contributed by atoms with Crippen molar-refractivity contribution >= 4 is 92.2 Å². The summed E-state index contributed by atoms with van der Waals surface area (Å²) < 4.78 is 30.7. The molecule has 2 saturated carbocycles. The van der Waals surface area contributed by atoms with Crippen molar-refractivity contribution in [3.63, 3.8) is 0 Å². The van der Waals surface area contributed by atoms with Gasteiger partial charge in [-0.15, -0.1) is 0 Å². The van der Waals surface area contributed by atoms with Crippen molar-refractivity contribution in [2.24, 2.45) is 11.5 Å². The molecule has 0 radical (unpaired) electrons. The molecule has 0 atom stereocenters. The molecule has 8 rings (SSSR count). The number of hydrogen-bond acceptors (Lipinski definition) is 12. The maximum atomic E-state index is 14.1. The summed E-state index contributed by atoms with van der Waals surface area (Å²) in [5.41, 5.74) is 11.9. The molecule has 2 heterocycles. The molecule has 26 heteroatoms. The number of amides is 6. The summed E-state index contributed by atoms with van der Waals surface area (Å²) in [6.07, 6.45) is 2.94. The fraction of sp³-hybridized carbons (Fsp3) is 0.277. The smallest absolute Gasteiger partial charge is 0.870 e. The Morgan fingerprint density at radius 3 is 1.42 bits per heavy atom. The van der Waals surface area contributed by atoms with Gasteiger partial charge in [0, 0.05) is 52.6 Å². The third-order valence-corrected chi connectivity index (χ3v) is 12.1. The van der Waals surface area contributed by atoms with Crippen molar-refractivity contribution < 1.29 is 81.7 Å². The van der Waals surface area contributed by atoms with E-state index in [0.717, 1.165) is 25.7 Å². The molecule has 0 saturated heterocycles. The number of primary amides is 2. The molecule has 0 bridgehead atoms. The van der Waals surface area contributed by atoms with Gasteiger partial charge in [0.15, 0.2) is 17.2 Å². The fourth-order valence-corrected chi connectivity index (χ4v) is 7.98. The van der Waals surface area contributed by atoms with Crippen molar-refractivity contribution in [2.45, 2.75) is 63.9 Å². The molecule has 6 amide bonds. The second-order valence-corrected chi connectivity index (χ2v) is 17.4. The van der Waals surface area contributed by atoms with E-state index < -0.39 is 65.4 Å². The Morgan fingerprint density at radius 2 is 1.05 bits per heavy atom. The zero-order chi connectivity index (χ0) is 51.3. The van der Waals surface area contributed by atoms with E-state index >= 15 is 0 Å². The quantitative estimate of drug-likeness (QED) is 0.0466. The number of carboxylic acid groups (broad SMARTS) is 1. The molecule has 378 valence electrons. The molecule has 2 aromatic heterocycles. The standard InChI is InChI=1S/C24H23ClFN5O5.C23H21ClFN5O5.Li.H2O/c25-17-3-1-2-14(22(17)26)9-28-20(34)10-30(15-5-6-15)21(35)11-31-18-7-4-13(19(33)12-32)8-16(18)23(29-31)24(27)36;24-16-3-1-2-13(20(16)25)9-27-18(31)10-29(14-5-6-14)19(32)11-30-17-7-4-12(23(34)35)8-15(17)21(28-30)22(26)33;;/h1-4,7-8,15,32H,5-6,9-12H2,(H2,27,36)(H,28,34);1-4,7-8,14H,5-6,9-11H2,(H2,26,33)(H,27,31)(H,34,35);;1H2/q;;+1;/p-1. The number of nitrogens with zero attached hydrogens (tertiary/aromatic N) is 6. The number of aliphatic hydroxyl groups is 1. The van der Waals surface area contributed by atoms with Crippen LogP contribution < -0.4 is 41.0 Å². The molecule has 0 spiro atoms. The predicted octanol–water partition coefficient (Wildman–Crippen LogP) is 0.171. The Balaban J connectivity index is 0.000000264. The number of hydrogen-bond donors (Lipinski definition) is 6. The Bertz CT molecular complexity index is 3150. The number of halogens is 4. The van der Waals surface area contributed by atoms with Gasteiger partial charge in [-0.05, 0) is 74.2 Å². The van der Waals surface area contributed by atoms with Gasteiger partial charge in [-0.3, -0.25) is 42.9 Å². The number of Topliss-reactive ketones (excluding diaryl/α,β-unsaturated/α-hetero) is 1. The first-order chi connectivity index (χ1) is 33.8. The SMILES string of the molecule is NC(=O)c1nn(CC(=O)N(CC(=O)NCc2cccc(Cl)c2F)C2CC2)c2ccc(C(=O)CO)cc12.NC(=O)c1nn(CC(=O)N(CC(=O)NCc2cccc(Cl)c2F)C2CC2)c2ccc(C(=O)O)cc12.[Li+].[OH-]. The Hall–Kier alpha value is -7.26. The summed E-state index contributed by atoms with van der Waals surface area (Å²) in [5.74, 6) is -6.43. The Kier molecular flexibility index (Phi) is 19.0. The number of benzene rings is 4. The number of carbonyl (C=O) groups excluding carboxylic acids is 7. The van der Waals surface area contributed by atoms with E-state index in [0.29, 0.717) is 11.0 Å². The number of nitrogens with two attached hydrogens (primary N) is 2. The van der Waals surface area contributed by atoms with Crippen molar-refractivity contribution in [3.8, 4) is 0 Å². The third kappa shape index (κ3) is 13.6. The van der Waals surface area contributed by atoms with Crippen molar-refractivity contribution in [1.29, 1.82) is 0 Å². The number of nitrogens with one attached hydrogen (secondary N) is 2. The molecular weight excluding hydrogens is 996 g/mol. The maximum Gasteiger partial charge on any atom is 1.00 e. The molecule has 73 heavy (non-hydrogen) atoms. The first kappa shape index (κ1) is 56.6. The van der Waals surface area contributed by atoms with Crippen LogP contribution >= 0.6 is 23.2 Å². The van der Waals surface area contributed by atoms with Gasteiger partial charge in [0.05, 0.1) is 39.7 Å². The molecule has 2 aliphatic carbocycles. The van der Waals surface area contributed by atoms with Crippen LogP contribution in [0.25, 0.3) is 21.8 Å². The van der Waals surface area contributed by atoms with Crippen LogP contribution in [0.4, 0.5) is 8.78 Å². The van der Waals surface area contributed by atoms with Gasteiger partial charge in [0.25, 0.3) is 11.8 Å². The summed E-state index contributed by atoms with van der Waals surface area (Å²) in [7, 11) is 0. The van der Waals surface area contributed by atoms with E-state index in [2.05, 4.69) is 20.8 Å². The number of ketones is 1. The minimum absolute atomic E-state index is 0. The minimum atomic E-state index is -1.19. The fourth-order valence-electron chi connectivity index (χ4n) is 7.59. The first-order valence-corrected chi connectivity index (χ1v) is 22.6. The summed E-state index contributed by atoms with van der Waals surface area (Å²) >= 11 is 11.5. The van der Waals surface area contributed by atoms with Crippen LogP contribution in [0.5, 0.6) is 0 Å². The van der Waals surface area contributed by atoms with Crippen molar-refractivity contribution in [3.05, 3.63) is 128 Å². The second kappa shape index (κ2) is 24.4. The predicted molar refractivity (Wildman–Crippen MR) is 253 cm³/mol. The molecule has 9 N–H and O–H groups in total. The number of fused-ring (bicyclic) bond motifs is 2. The Morgan fingerprint density at radius 1 is 0.658 bits per heavy atom. The summed E-state index contributed by atoms with van der Waals surface area (Å²) in [4.78, 5) is 101. The second-order valence-electron chi connectivity index (χ2n) is 16.6. The van der Waals surface area contributed by atoms with Crippen LogP contribution in [-0.4, -0.2) is 124 Å². The van der Waals surface area contributed by atoms with Gasteiger partial charge in [-0.1, -0.05) is 47.5 Å². The zero-order valence-corrected chi connectivity index (χ0v) is 40.3. The minimum Gasteiger partial charge on any atom is -0.870 e. The monoisotopic (exact) mass is 1040 g/mol. The van der Waals surface area contributed by atoms with E-state index in [1.807, 2.05) is 0 Å². The molecule has 2 fully saturated rings. The van der Waals surface area contributed by atoms with Gasteiger partial charge in [-0.2, -0.15) is 10.2 Å². The van der Waals surface area contributed by atoms with Gasteiger partial charge < -0.3 is 47.6 Å². The summed E-state index contributed by atoms with van der Waals surface area (Å²) in [6, 6.07) is 17.1. The van der Waals surface area contributed by atoms with Crippen LogP contribution in [0.3, 0.4) is 0 Å². The van der Waals surface area contributed by atoms with Gasteiger partial charge >= 0.3 is 24.8 Å². The molecule has 4 aromatic carbocycles. The van der Waals surface area contributed by atoms with Crippen LogP contribution in [0.2, 0.25) is 10.0 Å². The number of rotatable bonds is 19. The number of carboxylic acids is 1. The van der Waals surface area contributed by atoms with Crippen molar-refractivity contribution in [2.75, 3.05) is 19.7 Å². The summed E-state index contributed by atoms with van der Waals surface area (Å²) in [6.45, 7) is -1.91. The molecule has 21 nitrogen and oxygen atoms in total. The summed E-state index contributed by atoms with van der Waals surface area (Å²) in [5, 5.41) is 32.2. The molecule has 0 unspecified atom stereocenters. The number of carbonyl (C=O) groups is 8. The largest absolute Gasteiger partial charge is 1.00 e. The molecule has 0 aliphatic heterocycles. The Labute approximate surface area is 435 Å². The van der Waals surface area contributed by atoms with E-state index in [9.17, 15) is 52.2 Å². The van der Waals surface area contributed by atoms with E-state index in [4.69, 9.17) is 39.8 Å². The maximum absolute atomic E-state index is 14.1. The van der Waals surface area contributed by atoms with Crippen LogP contribution in [0, 0.1) is 11.6 Å². The van der Waals surface area contributed by atoms with E-state index in [-0.39, 0.29) is 130 Å². The molecule has 6 aromatic rings. The van der Waals surface area contributed by atoms with Gasteiger partial charge in [-0.25, -0.2) is 13.6 Å². The number of aromatic nitrogens is 4. The van der Waals surface area contributed by atoms with Crippen LogP contribution in [0.15, 0.2) is 72.8 Å². The zero-order valence-electron chi connectivity index (χ0n) is 38.8. The van der Waals surface area contributed by atoms with E-state index in [1.54, 1.807) is 12.1 Å². The molecular formula is C47H45Cl2F2LiN10O11. The average Bonchev–Trinajstić information content (AvgIpc) is 4.29. The van der Waals surface area contributed by atoms with Gasteiger partial charge in [0.1, 0.15) is 31.3 Å². The number of aromatic carboxylic acids is 1. The number of aliphatic hydroxyl groups excluding tert-OH is 1. The van der Waals surface area contributed by atoms with Crippen LogP contribution in [0.1, 0.15) is 78.5 Å². The normalized spacial score (nSPS) is 12.6. The average molecular weight is 1040 g/mol. The van der Waals surface area contributed by atoms with E-state index in [1.165, 1.54) is 79.8 Å². The third-order valence-electron chi connectivity index (χ3n) is 11.5. The van der Waals surface area contributed by atoms with Gasteiger partial charge in [0.2, 0.25) is 23.6 Å². The molecule has 2 aliphatic rings.